The fourth-order valence-electron chi connectivity index (χ4n) is 1.35. The van der Waals surface area contributed by atoms with Crippen molar-refractivity contribution in [3.63, 3.8) is 0 Å². The van der Waals surface area contributed by atoms with Crippen LogP contribution in [0.25, 0.3) is 0 Å². The summed E-state index contributed by atoms with van der Waals surface area (Å²) in [6, 6.07) is 1.17. The molecule has 7 heteroatoms. The Morgan fingerprint density at radius 3 is 2.76 bits per heavy atom. The summed E-state index contributed by atoms with van der Waals surface area (Å²) in [5.41, 5.74) is 4.66. The number of carbonyl (C=O) groups excluding carboxylic acids is 1. The lowest BCUT2D eigenvalue weighted by Crippen LogP contribution is -2.15. The quantitative estimate of drug-likeness (QED) is 0.669. The molecule has 0 radical (unpaired) electrons. The van der Waals surface area contributed by atoms with Crippen LogP contribution >= 0.6 is 11.6 Å². The fourth-order valence-corrected chi connectivity index (χ4v) is 1.55. The Kier molecular flexibility index (Phi) is 4.77. The van der Waals surface area contributed by atoms with Crippen LogP contribution in [0.5, 0.6) is 0 Å². The second-order valence-corrected chi connectivity index (χ2v) is 3.47. The number of carbonyl (C=O) groups is 1. The van der Waals surface area contributed by atoms with Gasteiger partial charge in [-0.2, -0.15) is 0 Å². The summed E-state index contributed by atoms with van der Waals surface area (Å²) in [6.45, 7) is 1.50. The molecule has 0 fully saturated rings. The second kappa shape index (κ2) is 5.88. The topological polar surface area (TPSA) is 65.2 Å². The third-order valence-electron chi connectivity index (χ3n) is 2.03. The summed E-state index contributed by atoms with van der Waals surface area (Å²) in [5.74, 6) is -0.737. The van der Waals surface area contributed by atoms with E-state index in [1.165, 1.54) is 6.07 Å². The van der Waals surface area contributed by atoms with E-state index in [0.29, 0.717) is 0 Å². The highest BCUT2D eigenvalue weighted by Crippen LogP contribution is 2.26. The van der Waals surface area contributed by atoms with Crippen LogP contribution in [0.2, 0.25) is 5.15 Å². The van der Waals surface area contributed by atoms with Crippen LogP contribution in [0, 0.1) is 0 Å². The highest BCUT2D eigenvalue weighted by molar-refractivity contribution is 6.29. The minimum Gasteiger partial charge on any atom is -0.462 e. The first-order valence-corrected chi connectivity index (χ1v) is 5.23. The SMILES string of the molecule is CCOC(=O)c1cc(Cl)nc(C(F)F)c1CN. The lowest BCUT2D eigenvalue weighted by Gasteiger charge is -2.11. The van der Waals surface area contributed by atoms with Gasteiger partial charge in [0.1, 0.15) is 10.8 Å². The minimum atomic E-state index is -2.85. The summed E-state index contributed by atoms with van der Waals surface area (Å²) in [4.78, 5) is 15.0. The molecule has 0 aliphatic rings. The van der Waals surface area contributed by atoms with E-state index in [1.807, 2.05) is 0 Å². The van der Waals surface area contributed by atoms with Crippen molar-refractivity contribution in [1.29, 1.82) is 0 Å². The number of nitrogens with two attached hydrogens (primary N) is 1. The van der Waals surface area contributed by atoms with Crippen LogP contribution in [0.1, 0.15) is 35.0 Å². The van der Waals surface area contributed by atoms with Crippen molar-refractivity contribution in [1.82, 2.24) is 4.98 Å². The predicted octanol–water partition coefficient (Wildman–Crippen LogP) is 2.31. The van der Waals surface area contributed by atoms with Crippen molar-refractivity contribution in [2.45, 2.75) is 19.9 Å². The van der Waals surface area contributed by atoms with E-state index in [9.17, 15) is 13.6 Å². The number of halogens is 3. The second-order valence-electron chi connectivity index (χ2n) is 3.08. The lowest BCUT2D eigenvalue weighted by atomic mass is 10.1. The van der Waals surface area contributed by atoms with Gasteiger partial charge in [0.25, 0.3) is 6.43 Å². The van der Waals surface area contributed by atoms with Crippen molar-refractivity contribution >= 4 is 17.6 Å². The smallest absolute Gasteiger partial charge is 0.338 e. The first-order valence-electron chi connectivity index (χ1n) is 4.85. The van der Waals surface area contributed by atoms with Gasteiger partial charge in [0.15, 0.2) is 0 Å². The normalized spacial score (nSPS) is 10.7. The van der Waals surface area contributed by atoms with Crippen molar-refractivity contribution in [3.05, 3.63) is 28.0 Å². The van der Waals surface area contributed by atoms with E-state index in [4.69, 9.17) is 22.1 Å². The molecule has 0 aliphatic heterocycles. The number of aromatic nitrogens is 1. The van der Waals surface area contributed by atoms with Gasteiger partial charge in [0.05, 0.1) is 12.2 Å². The van der Waals surface area contributed by atoms with Gasteiger partial charge in [-0.05, 0) is 13.0 Å². The molecule has 1 rings (SSSR count). The van der Waals surface area contributed by atoms with E-state index in [0.717, 1.165) is 0 Å². The number of alkyl halides is 2. The molecule has 0 aromatic carbocycles. The molecule has 1 aromatic rings. The summed E-state index contributed by atoms with van der Waals surface area (Å²) < 4.78 is 30.1. The molecule has 1 heterocycles. The first kappa shape index (κ1) is 13.8. The van der Waals surface area contributed by atoms with Crippen LogP contribution in [0.15, 0.2) is 6.07 Å². The molecule has 17 heavy (non-hydrogen) atoms. The van der Waals surface area contributed by atoms with Crippen molar-refractivity contribution in [2.75, 3.05) is 6.61 Å². The zero-order valence-corrected chi connectivity index (χ0v) is 9.80. The Morgan fingerprint density at radius 1 is 1.65 bits per heavy atom. The average Bonchev–Trinajstić information content (AvgIpc) is 2.28. The van der Waals surface area contributed by atoms with Crippen LogP contribution < -0.4 is 5.73 Å². The summed E-state index contributed by atoms with van der Waals surface area (Å²) >= 11 is 5.57. The van der Waals surface area contributed by atoms with Crippen LogP contribution in [-0.2, 0) is 11.3 Å². The molecule has 0 saturated heterocycles. The highest BCUT2D eigenvalue weighted by Gasteiger charge is 2.22. The summed E-state index contributed by atoms with van der Waals surface area (Å²) in [6.07, 6.45) is -2.85. The Bertz CT molecular complexity index is 427. The van der Waals surface area contributed by atoms with Gasteiger partial charge < -0.3 is 10.5 Å². The van der Waals surface area contributed by atoms with Gasteiger partial charge in [-0.25, -0.2) is 18.6 Å². The maximum atomic E-state index is 12.7. The molecule has 0 aliphatic carbocycles. The zero-order valence-electron chi connectivity index (χ0n) is 9.04. The molecular weight excluding hydrogens is 254 g/mol. The van der Waals surface area contributed by atoms with Gasteiger partial charge in [-0.15, -0.1) is 0 Å². The monoisotopic (exact) mass is 264 g/mol. The van der Waals surface area contributed by atoms with E-state index in [2.05, 4.69) is 4.98 Å². The maximum absolute atomic E-state index is 12.7. The van der Waals surface area contributed by atoms with Gasteiger partial charge in [0, 0.05) is 12.1 Å². The molecule has 0 amide bonds. The first-order chi connectivity index (χ1) is 8.01. The zero-order chi connectivity index (χ0) is 13.0. The molecule has 1 aromatic heterocycles. The van der Waals surface area contributed by atoms with Crippen molar-refractivity contribution < 1.29 is 18.3 Å². The Hall–Kier alpha value is -1.27. The number of hydrogen-bond donors (Lipinski definition) is 1. The van der Waals surface area contributed by atoms with E-state index in [-0.39, 0.29) is 29.4 Å². The molecule has 0 bridgehead atoms. The molecule has 0 atom stereocenters. The lowest BCUT2D eigenvalue weighted by molar-refractivity contribution is 0.0524. The summed E-state index contributed by atoms with van der Waals surface area (Å²) in [5, 5.41) is -0.194. The molecule has 4 nitrogen and oxygen atoms in total. The van der Waals surface area contributed by atoms with Gasteiger partial charge in [0.2, 0.25) is 0 Å². The van der Waals surface area contributed by atoms with Gasteiger partial charge >= 0.3 is 5.97 Å². The number of pyridine rings is 1. The average molecular weight is 265 g/mol. The molecule has 94 valence electrons. The fraction of sp³-hybridized carbons (Fsp3) is 0.400. The Balaban J connectivity index is 3.32. The van der Waals surface area contributed by atoms with E-state index >= 15 is 0 Å². The van der Waals surface area contributed by atoms with Gasteiger partial charge in [-0.1, -0.05) is 11.6 Å². The Labute approximate surface area is 102 Å². The molecular formula is C10H11ClF2N2O2. The molecule has 2 N–H and O–H groups in total. The van der Waals surface area contributed by atoms with Crippen molar-refractivity contribution in [3.8, 4) is 0 Å². The maximum Gasteiger partial charge on any atom is 0.338 e. The molecule has 0 spiro atoms. The standard InChI is InChI=1S/C10H11ClF2N2O2/c1-2-17-10(16)5-3-7(11)15-8(9(12)13)6(5)4-14/h3,9H,2,4,14H2,1H3. The van der Waals surface area contributed by atoms with Crippen molar-refractivity contribution in [2.24, 2.45) is 5.73 Å². The number of esters is 1. The molecule has 0 saturated carbocycles. The third-order valence-corrected chi connectivity index (χ3v) is 2.22. The predicted molar refractivity (Wildman–Crippen MR) is 58.1 cm³/mol. The van der Waals surface area contributed by atoms with Crippen LogP contribution in [0.4, 0.5) is 8.78 Å². The Morgan fingerprint density at radius 2 is 2.29 bits per heavy atom. The van der Waals surface area contributed by atoms with E-state index in [1.54, 1.807) is 6.92 Å². The number of ether oxygens (including phenoxy) is 1. The largest absolute Gasteiger partial charge is 0.462 e. The number of hydrogen-bond acceptors (Lipinski definition) is 4. The third kappa shape index (κ3) is 3.10. The number of rotatable bonds is 4. The number of nitrogens with zero attached hydrogens (tertiary/aromatic N) is 1. The van der Waals surface area contributed by atoms with Gasteiger partial charge in [-0.3, -0.25) is 0 Å². The van der Waals surface area contributed by atoms with Crippen LogP contribution in [-0.4, -0.2) is 17.6 Å². The minimum absolute atomic E-state index is 0.0390. The molecule has 0 unspecified atom stereocenters. The summed E-state index contributed by atoms with van der Waals surface area (Å²) in [7, 11) is 0. The highest BCUT2D eigenvalue weighted by atomic mass is 35.5. The van der Waals surface area contributed by atoms with E-state index < -0.39 is 18.1 Å². The van der Waals surface area contributed by atoms with Crippen LogP contribution in [0.3, 0.4) is 0 Å².